The molecule has 3 heteroatoms. The maximum atomic E-state index is 11.7. The van der Waals surface area contributed by atoms with Crippen LogP contribution in [-0.2, 0) is 9.53 Å². The molecule has 0 aromatic heterocycles. The van der Waals surface area contributed by atoms with Crippen molar-refractivity contribution >= 4 is 21.9 Å². The van der Waals surface area contributed by atoms with E-state index in [9.17, 15) is 4.79 Å². The van der Waals surface area contributed by atoms with Gasteiger partial charge in [0.2, 0.25) is 0 Å². The van der Waals surface area contributed by atoms with Crippen LogP contribution in [0.2, 0.25) is 0 Å². The molecule has 0 aromatic rings. The zero-order chi connectivity index (χ0) is 12.3. The first-order valence-electron chi connectivity index (χ1n) is 5.55. The van der Waals surface area contributed by atoms with Crippen molar-refractivity contribution in [2.24, 2.45) is 11.8 Å². The summed E-state index contributed by atoms with van der Waals surface area (Å²) < 4.78 is 6.46. The molecule has 0 radical (unpaired) electrons. The maximum absolute atomic E-state index is 11.7. The Morgan fingerprint density at radius 3 is 2.69 bits per heavy atom. The van der Waals surface area contributed by atoms with Gasteiger partial charge >= 0.3 is 5.97 Å². The zero-order valence-electron chi connectivity index (χ0n) is 10.3. The van der Waals surface area contributed by atoms with E-state index in [-0.39, 0.29) is 11.9 Å². The summed E-state index contributed by atoms with van der Waals surface area (Å²) in [5.41, 5.74) is -0.397. The van der Waals surface area contributed by atoms with Crippen molar-refractivity contribution < 1.29 is 9.53 Å². The van der Waals surface area contributed by atoms with Crippen molar-refractivity contribution in [2.75, 3.05) is 0 Å². The van der Waals surface area contributed by atoms with E-state index in [0.717, 1.165) is 4.48 Å². The molecule has 2 atom stereocenters. The second-order valence-electron chi connectivity index (χ2n) is 5.18. The first-order chi connectivity index (χ1) is 7.29. The quantitative estimate of drug-likeness (QED) is 0.722. The summed E-state index contributed by atoms with van der Waals surface area (Å²) in [5.74, 6) is 0.447. The van der Waals surface area contributed by atoms with Gasteiger partial charge in [0, 0.05) is 0 Å². The van der Waals surface area contributed by atoms with E-state index in [1.165, 1.54) is 0 Å². The van der Waals surface area contributed by atoms with Crippen molar-refractivity contribution in [2.45, 2.75) is 39.7 Å². The van der Waals surface area contributed by atoms with Crippen molar-refractivity contribution in [3.8, 4) is 0 Å². The van der Waals surface area contributed by atoms with Crippen LogP contribution >= 0.6 is 15.9 Å². The molecular formula is C13H19BrO2. The molecular weight excluding hydrogens is 268 g/mol. The van der Waals surface area contributed by atoms with E-state index < -0.39 is 5.60 Å². The predicted molar refractivity (Wildman–Crippen MR) is 69.3 cm³/mol. The molecule has 0 N–H and O–H groups in total. The highest BCUT2D eigenvalue weighted by atomic mass is 79.9. The van der Waals surface area contributed by atoms with Crippen LogP contribution in [0.25, 0.3) is 0 Å². The lowest BCUT2D eigenvalue weighted by Gasteiger charge is -2.25. The van der Waals surface area contributed by atoms with E-state index in [0.29, 0.717) is 12.3 Å². The molecule has 16 heavy (non-hydrogen) atoms. The Kier molecular flexibility index (Phi) is 4.36. The first-order valence-corrected chi connectivity index (χ1v) is 6.34. The number of hydrogen-bond donors (Lipinski definition) is 0. The third kappa shape index (κ3) is 4.12. The number of halogens is 1. The molecule has 0 aliphatic heterocycles. The smallest absolute Gasteiger partial charge is 0.306 e. The lowest BCUT2D eigenvalue weighted by Crippen LogP contribution is -2.26. The average molecular weight is 287 g/mol. The number of carbonyl (C=O) groups is 1. The van der Waals surface area contributed by atoms with Gasteiger partial charge in [-0.2, -0.15) is 0 Å². The van der Waals surface area contributed by atoms with E-state index >= 15 is 0 Å². The summed E-state index contributed by atoms with van der Waals surface area (Å²) >= 11 is 3.50. The monoisotopic (exact) mass is 286 g/mol. The minimum Gasteiger partial charge on any atom is -0.460 e. The largest absolute Gasteiger partial charge is 0.460 e. The fourth-order valence-corrected chi connectivity index (χ4v) is 2.13. The third-order valence-corrected chi connectivity index (χ3v) is 3.50. The number of allylic oxidation sites excluding steroid dienone is 4. The van der Waals surface area contributed by atoms with Gasteiger partial charge in [0.15, 0.2) is 0 Å². The second-order valence-corrected chi connectivity index (χ2v) is 6.10. The molecule has 0 aromatic carbocycles. The number of hydrogen-bond acceptors (Lipinski definition) is 2. The lowest BCUT2D eigenvalue weighted by atomic mass is 9.87. The molecule has 0 heterocycles. The van der Waals surface area contributed by atoms with Crippen molar-refractivity contribution in [1.82, 2.24) is 0 Å². The number of ether oxygens (including phenoxy) is 1. The first kappa shape index (κ1) is 13.5. The Morgan fingerprint density at radius 2 is 2.12 bits per heavy atom. The van der Waals surface area contributed by atoms with Crippen LogP contribution in [0.1, 0.15) is 34.1 Å². The minimum absolute atomic E-state index is 0.129. The molecule has 0 saturated heterocycles. The summed E-state index contributed by atoms with van der Waals surface area (Å²) in [6.45, 7) is 7.78. The van der Waals surface area contributed by atoms with Gasteiger partial charge in [-0.05, 0) is 37.1 Å². The van der Waals surface area contributed by atoms with Gasteiger partial charge < -0.3 is 4.74 Å². The van der Waals surface area contributed by atoms with E-state index in [4.69, 9.17) is 4.74 Å². The topological polar surface area (TPSA) is 26.3 Å². The third-order valence-electron chi connectivity index (χ3n) is 2.51. The van der Waals surface area contributed by atoms with Gasteiger partial charge in [0.1, 0.15) is 5.60 Å². The molecule has 2 nitrogen and oxygen atoms in total. The number of rotatable bonds is 2. The van der Waals surface area contributed by atoms with Crippen LogP contribution in [0.15, 0.2) is 22.7 Å². The normalized spacial score (nSPS) is 25.2. The van der Waals surface area contributed by atoms with E-state index in [1.807, 2.05) is 32.9 Å². The number of esters is 1. The van der Waals surface area contributed by atoms with Gasteiger partial charge in [-0.25, -0.2) is 0 Å². The van der Waals surface area contributed by atoms with Gasteiger partial charge in [-0.15, -0.1) is 0 Å². The highest BCUT2D eigenvalue weighted by Gasteiger charge is 2.25. The molecule has 1 aliphatic rings. The van der Waals surface area contributed by atoms with Gasteiger partial charge in [-0.3, -0.25) is 4.79 Å². The summed E-state index contributed by atoms with van der Waals surface area (Å²) in [5, 5.41) is 0. The van der Waals surface area contributed by atoms with Crippen LogP contribution in [0.5, 0.6) is 0 Å². The minimum atomic E-state index is -0.397. The molecule has 0 bridgehead atoms. The fraction of sp³-hybridized carbons (Fsp3) is 0.615. The summed E-state index contributed by atoms with van der Waals surface area (Å²) in [7, 11) is 0. The fourth-order valence-electron chi connectivity index (χ4n) is 1.63. The van der Waals surface area contributed by atoms with Gasteiger partial charge in [-0.1, -0.05) is 41.1 Å². The van der Waals surface area contributed by atoms with E-state index in [1.54, 1.807) is 0 Å². The molecule has 0 fully saturated rings. The molecule has 2 unspecified atom stereocenters. The van der Waals surface area contributed by atoms with Gasteiger partial charge in [0.25, 0.3) is 0 Å². The molecule has 0 spiro atoms. The average Bonchev–Trinajstić information content (AvgIpc) is 2.09. The van der Waals surface area contributed by atoms with E-state index in [2.05, 4.69) is 28.9 Å². The van der Waals surface area contributed by atoms with Crippen LogP contribution in [0, 0.1) is 11.8 Å². The zero-order valence-corrected chi connectivity index (χ0v) is 11.9. The summed E-state index contributed by atoms with van der Waals surface area (Å²) in [4.78, 5) is 11.7. The Bertz CT molecular complexity index is 323. The Hall–Kier alpha value is -0.570. The molecule has 1 rings (SSSR count). The van der Waals surface area contributed by atoms with Crippen LogP contribution in [-0.4, -0.2) is 11.6 Å². The Balaban J connectivity index is 2.53. The van der Waals surface area contributed by atoms with Crippen molar-refractivity contribution in [1.29, 1.82) is 0 Å². The predicted octanol–water partition coefficient (Wildman–Crippen LogP) is 3.82. The molecule has 90 valence electrons. The van der Waals surface area contributed by atoms with Crippen molar-refractivity contribution in [3.63, 3.8) is 0 Å². The molecule has 0 saturated carbocycles. The summed E-state index contributed by atoms with van der Waals surface area (Å²) in [6, 6.07) is 0. The van der Waals surface area contributed by atoms with Crippen LogP contribution in [0.4, 0.5) is 0 Å². The molecule has 1 aliphatic carbocycles. The lowest BCUT2D eigenvalue weighted by molar-refractivity contribution is -0.155. The van der Waals surface area contributed by atoms with Crippen LogP contribution in [0.3, 0.4) is 0 Å². The number of carbonyl (C=O) groups excluding carboxylic acids is 1. The standard InChI is InChI=1S/C13H19BrO2/c1-9-10(6-5-7-11(9)14)8-12(15)16-13(2,3)4/h5-7,9-10H,8H2,1-4H3. The summed E-state index contributed by atoms with van der Waals surface area (Å²) in [6.07, 6.45) is 6.52. The maximum Gasteiger partial charge on any atom is 0.306 e. The second kappa shape index (κ2) is 5.17. The van der Waals surface area contributed by atoms with Gasteiger partial charge in [0.05, 0.1) is 6.42 Å². The van der Waals surface area contributed by atoms with Crippen LogP contribution < -0.4 is 0 Å². The molecule has 0 amide bonds. The SMILES string of the molecule is CC1C(Br)=CC=CC1CC(=O)OC(C)(C)C. The highest BCUT2D eigenvalue weighted by Crippen LogP contribution is 2.32. The van der Waals surface area contributed by atoms with Crippen molar-refractivity contribution in [3.05, 3.63) is 22.7 Å². The Morgan fingerprint density at radius 1 is 1.50 bits per heavy atom. The highest BCUT2D eigenvalue weighted by molar-refractivity contribution is 9.11. The Labute approximate surface area is 106 Å².